The SMILES string of the molecule is COc1cc(C(C)n2cc(NC(=O)c3nc(-c4c(C(F)F)ccc(Cl)c4F)cnc3C)cn2)cnc1N1C[C@H]2C#C[C@H]2C1=O. The summed E-state index contributed by atoms with van der Waals surface area (Å²) in [4.78, 5) is 40.2. The predicted octanol–water partition coefficient (Wildman–Crippen LogP) is 5.24. The molecular formula is C30H23ClF3N7O3. The number of amides is 2. The van der Waals surface area contributed by atoms with Gasteiger partial charge in [-0.2, -0.15) is 5.10 Å². The molecule has 1 aromatic carbocycles. The minimum absolute atomic E-state index is 0.00988. The van der Waals surface area contributed by atoms with Gasteiger partial charge in [0.15, 0.2) is 17.4 Å². The third kappa shape index (κ3) is 5.01. The number of anilines is 2. The van der Waals surface area contributed by atoms with Gasteiger partial charge in [0.1, 0.15) is 11.6 Å². The number of rotatable bonds is 8. The molecule has 6 rings (SSSR count). The van der Waals surface area contributed by atoms with Crippen LogP contribution in [-0.2, 0) is 4.79 Å². The van der Waals surface area contributed by atoms with Crippen LogP contribution in [0.1, 0.15) is 46.7 Å². The lowest BCUT2D eigenvalue weighted by Crippen LogP contribution is -2.28. The number of nitrogens with one attached hydrogen (secondary N) is 1. The van der Waals surface area contributed by atoms with Crippen molar-refractivity contribution in [3.63, 3.8) is 0 Å². The molecule has 1 unspecified atom stereocenters. The molecule has 2 amide bonds. The largest absolute Gasteiger partial charge is 0.493 e. The number of methoxy groups -OCH3 is 1. The first-order valence-corrected chi connectivity index (χ1v) is 13.8. The number of ether oxygens (including phenoxy) is 1. The maximum absolute atomic E-state index is 14.8. The Morgan fingerprint density at radius 2 is 2.00 bits per heavy atom. The Bertz CT molecular complexity index is 1890. The van der Waals surface area contributed by atoms with Crippen molar-refractivity contribution in [1.29, 1.82) is 0 Å². The number of benzene rings is 1. The normalized spacial score (nSPS) is 17.5. The van der Waals surface area contributed by atoms with E-state index in [9.17, 15) is 22.8 Å². The van der Waals surface area contributed by atoms with Gasteiger partial charge in [0.2, 0.25) is 5.91 Å². The summed E-state index contributed by atoms with van der Waals surface area (Å²) in [5.74, 6) is 4.56. The summed E-state index contributed by atoms with van der Waals surface area (Å²) in [5.41, 5.74) is -0.374. The van der Waals surface area contributed by atoms with Crippen LogP contribution in [0.2, 0.25) is 5.02 Å². The van der Waals surface area contributed by atoms with Crippen LogP contribution in [0.15, 0.2) is 43.0 Å². The van der Waals surface area contributed by atoms with Crippen molar-refractivity contribution < 1.29 is 27.5 Å². The molecule has 3 atom stereocenters. The molecule has 4 aromatic rings. The first kappa shape index (κ1) is 29.1. The number of hydrogen-bond donors (Lipinski definition) is 1. The molecule has 2 aliphatic rings. The molecule has 10 nitrogen and oxygen atoms in total. The molecule has 4 heterocycles. The number of nitrogens with zero attached hydrogens (tertiary/aromatic N) is 6. The van der Waals surface area contributed by atoms with E-state index in [0.717, 1.165) is 23.9 Å². The second-order valence-electron chi connectivity index (χ2n) is 10.3. The van der Waals surface area contributed by atoms with Crippen molar-refractivity contribution in [2.24, 2.45) is 11.8 Å². The second kappa shape index (κ2) is 11.3. The van der Waals surface area contributed by atoms with Gasteiger partial charge in [-0.05, 0) is 31.5 Å². The van der Waals surface area contributed by atoms with Gasteiger partial charge in [-0.15, -0.1) is 0 Å². The number of hydrogen-bond acceptors (Lipinski definition) is 7. The van der Waals surface area contributed by atoms with E-state index in [1.807, 2.05) is 6.92 Å². The fraction of sp³-hybridized carbons (Fsp3) is 0.267. The molecule has 1 N–H and O–H groups in total. The van der Waals surface area contributed by atoms with Crippen LogP contribution in [-0.4, -0.2) is 50.2 Å². The zero-order chi connectivity index (χ0) is 31.3. The lowest BCUT2D eigenvalue weighted by atomic mass is 9.89. The first-order valence-electron chi connectivity index (χ1n) is 13.4. The predicted molar refractivity (Wildman–Crippen MR) is 154 cm³/mol. The van der Waals surface area contributed by atoms with Gasteiger partial charge >= 0.3 is 0 Å². The fourth-order valence-corrected chi connectivity index (χ4v) is 5.26. The quantitative estimate of drug-likeness (QED) is 0.268. The Morgan fingerprint density at radius 3 is 2.66 bits per heavy atom. The number of fused-ring (bicyclic) bond motifs is 1. The molecule has 224 valence electrons. The van der Waals surface area contributed by atoms with E-state index >= 15 is 0 Å². The first-order chi connectivity index (χ1) is 21.1. The van der Waals surface area contributed by atoms with Crippen LogP contribution in [0.5, 0.6) is 5.75 Å². The fourth-order valence-electron chi connectivity index (χ4n) is 5.10. The summed E-state index contributed by atoms with van der Waals surface area (Å²) in [6.07, 6.45) is 2.73. The third-order valence-electron chi connectivity index (χ3n) is 7.60. The zero-order valence-corrected chi connectivity index (χ0v) is 24.2. The molecule has 3 aromatic heterocycles. The van der Waals surface area contributed by atoms with Crippen molar-refractivity contribution in [1.82, 2.24) is 24.7 Å². The van der Waals surface area contributed by atoms with E-state index < -0.39 is 29.3 Å². The van der Waals surface area contributed by atoms with E-state index in [2.05, 4.69) is 37.2 Å². The van der Waals surface area contributed by atoms with Gasteiger partial charge < -0.3 is 10.1 Å². The van der Waals surface area contributed by atoms with Crippen LogP contribution in [0.3, 0.4) is 0 Å². The molecule has 0 radical (unpaired) electrons. The van der Waals surface area contributed by atoms with E-state index in [1.54, 1.807) is 28.0 Å². The van der Waals surface area contributed by atoms with Gasteiger partial charge in [-0.25, -0.2) is 23.1 Å². The van der Waals surface area contributed by atoms with Crippen LogP contribution < -0.4 is 15.0 Å². The highest BCUT2D eigenvalue weighted by Gasteiger charge is 2.44. The molecule has 1 aliphatic carbocycles. The average molecular weight is 622 g/mol. The van der Waals surface area contributed by atoms with Crippen LogP contribution in [0, 0.1) is 36.4 Å². The Morgan fingerprint density at radius 1 is 1.20 bits per heavy atom. The lowest BCUT2D eigenvalue weighted by molar-refractivity contribution is -0.119. The monoisotopic (exact) mass is 621 g/mol. The van der Waals surface area contributed by atoms with Gasteiger partial charge in [0.25, 0.3) is 12.3 Å². The summed E-state index contributed by atoms with van der Waals surface area (Å²) in [6, 6.07) is 3.46. The highest BCUT2D eigenvalue weighted by molar-refractivity contribution is 6.31. The highest BCUT2D eigenvalue weighted by atomic mass is 35.5. The Balaban J connectivity index is 1.21. The number of halogens is 4. The lowest BCUT2D eigenvalue weighted by Gasteiger charge is -2.20. The molecule has 0 saturated carbocycles. The van der Waals surface area contributed by atoms with Gasteiger partial charge in [0.05, 0.1) is 53.6 Å². The van der Waals surface area contributed by atoms with Crippen LogP contribution in [0.25, 0.3) is 11.3 Å². The number of aromatic nitrogens is 5. The van der Waals surface area contributed by atoms with E-state index in [0.29, 0.717) is 23.8 Å². The molecule has 1 aliphatic heterocycles. The molecule has 14 heteroatoms. The van der Waals surface area contributed by atoms with Gasteiger partial charge in [-0.3, -0.25) is 24.2 Å². The molecule has 0 bridgehead atoms. The summed E-state index contributed by atoms with van der Waals surface area (Å²) >= 11 is 5.84. The molecular weight excluding hydrogens is 599 g/mol. The van der Waals surface area contributed by atoms with E-state index in [4.69, 9.17) is 16.3 Å². The average Bonchev–Trinajstić information content (AvgIpc) is 3.54. The second-order valence-corrected chi connectivity index (χ2v) is 10.7. The Hall–Kier alpha value is -4.96. The number of alkyl halides is 2. The summed E-state index contributed by atoms with van der Waals surface area (Å²) in [5, 5.41) is 6.64. The minimum atomic E-state index is -3.01. The number of aryl methyl sites for hydroxylation is 1. The Kier molecular flexibility index (Phi) is 7.46. The van der Waals surface area contributed by atoms with Crippen LogP contribution >= 0.6 is 11.6 Å². The number of pyridine rings is 1. The smallest absolute Gasteiger partial charge is 0.276 e. The minimum Gasteiger partial charge on any atom is -0.493 e. The highest BCUT2D eigenvalue weighted by Crippen LogP contribution is 2.38. The zero-order valence-electron chi connectivity index (χ0n) is 23.5. The summed E-state index contributed by atoms with van der Waals surface area (Å²) in [7, 11) is 1.50. The van der Waals surface area contributed by atoms with Crippen molar-refractivity contribution in [3.05, 3.63) is 76.3 Å². The maximum Gasteiger partial charge on any atom is 0.276 e. The Labute approximate surface area is 254 Å². The summed E-state index contributed by atoms with van der Waals surface area (Å²) < 4.78 is 49.2. The van der Waals surface area contributed by atoms with E-state index in [1.165, 1.54) is 20.2 Å². The molecule has 0 spiro atoms. The van der Waals surface area contributed by atoms with Crippen molar-refractivity contribution >= 4 is 34.9 Å². The van der Waals surface area contributed by atoms with Gasteiger partial charge in [-0.1, -0.05) is 29.5 Å². The van der Waals surface area contributed by atoms with Crippen LogP contribution in [0.4, 0.5) is 24.7 Å². The van der Waals surface area contributed by atoms with Crippen molar-refractivity contribution in [2.75, 3.05) is 23.9 Å². The van der Waals surface area contributed by atoms with Crippen molar-refractivity contribution in [2.45, 2.75) is 26.3 Å². The van der Waals surface area contributed by atoms with Crippen molar-refractivity contribution in [3.8, 4) is 28.8 Å². The maximum atomic E-state index is 14.8. The topological polar surface area (TPSA) is 115 Å². The molecule has 1 fully saturated rings. The summed E-state index contributed by atoms with van der Waals surface area (Å²) in [6.45, 7) is 3.84. The number of carbonyl (C=O) groups excluding carboxylic acids is 2. The standard InChI is InChI=1S/C30H23ClF3N7O3/c1-14-26(39-22(11-35-14)24-20(27(33)34)6-7-21(31)25(24)32)29(42)38-18-10-37-41(13-18)15(2)17-8-23(44-3)28(36-9-17)40-12-16-4-5-19(16)30(40)43/h6-11,13,15-16,19,27H,12H2,1-3H3,(H,38,42)/t15?,16-,19-/m1/s1. The number of carbonyl (C=O) groups is 2. The molecule has 1 saturated heterocycles. The van der Waals surface area contributed by atoms with E-state index in [-0.39, 0.29) is 45.9 Å². The third-order valence-corrected chi connectivity index (χ3v) is 7.89. The molecule has 44 heavy (non-hydrogen) atoms. The van der Waals surface area contributed by atoms with Gasteiger partial charge in [0, 0.05) is 30.1 Å².